The molecular weight excluding hydrogens is 405 g/mol. The van der Waals surface area contributed by atoms with Gasteiger partial charge in [-0.25, -0.2) is 0 Å². The monoisotopic (exact) mass is 436 g/mol. The van der Waals surface area contributed by atoms with Gasteiger partial charge in [0.05, 0.1) is 11.2 Å². The van der Waals surface area contributed by atoms with E-state index in [0.29, 0.717) is 37.9 Å². The number of benzene rings is 1. The van der Waals surface area contributed by atoms with Crippen LogP contribution in [-0.2, 0) is 17.5 Å². The molecule has 4 nitrogen and oxygen atoms in total. The molecule has 170 valence electrons. The smallest absolute Gasteiger partial charge is 0.390 e. The van der Waals surface area contributed by atoms with Crippen LogP contribution in [0.15, 0.2) is 24.3 Å². The van der Waals surface area contributed by atoms with Gasteiger partial charge < -0.3 is 10.0 Å². The standard InChI is InChI=1S/C24H31F3N2O2/c25-24(26,27)20-3-1-17(2-4-20)15-28-5-7-29(8-6-28)21(30)14-22-10-18-9-19(11-22)13-23(31,12-18)16-22/h1-4,18-19,31H,5-16H2. The number of carbonyl (C=O) groups is 1. The fraction of sp³-hybridized carbons (Fsp3) is 0.708. The van der Waals surface area contributed by atoms with Crippen LogP contribution in [0.1, 0.15) is 56.1 Å². The van der Waals surface area contributed by atoms with Crippen LogP contribution in [0.2, 0.25) is 0 Å². The van der Waals surface area contributed by atoms with E-state index < -0.39 is 17.3 Å². The van der Waals surface area contributed by atoms with Crippen LogP contribution in [0.3, 0.4) is 0 Å². The number of aliphatic hydroxyl groups is 1. The summed E-state index contributed by atoms with van der Waals surface area (Å²) in [4.78, 5) is 17.2. The molecule has 1 saturated heterocycles. The van der Waals surface area contributed by atoms with Crippen LogP contribution in [-0.4, -0.2) is 52.6 Å². The Kier molecular flexibility index (Phi) is 5.13. The van der Waals surface area contributed by atoms with Crippen molar-refractivity contribution in [2.75, 3.05) is 26.2 Å². The topological polar surface area (TPSA) is 43.8 Å². The first-order valence-electron chi connectivity index (χ1n) is 11.5. The maximum atomic E-state index is 13.1. The summed E-state index contributed by atoms with van der Waals surface area (Å²) in [7, 11) is 0. The molecular formula is C24H31F3N2O2. The molecule has 4 aliphatic carbocycles. The van der Waals surface area contributed by atoms with E-state index in [0.717, 1.165) is 62.9 Å². The highest BCUT2D eigenvalue weighted by Crippen LogP contribution is 2.62. The van der Waals surface area contributed by atoms with Gasteiger partial charge in [-0.15, -0.1) is 0 Å². The minimum Gasteiger partial charge on any atom is -0.390 e. The molecule has 1 aromatic rings. The number of hydrogen-bond donors (Lipinski definition) is 1. The first-order chi connectivity index (χ1) is 14.6. The zero-order chi connectivity index (χ0) is 21.9. The largest absolute Gasteiger partial charge is 0.416 e. The normalized spacial score (nSPS) is 35.5. The van der Waals surface area contributed by atoms with Gasteiger partial charge in [-0.05, 0) is 73.5 Å². The molecule has 5 fully saturated rings. The molecule has 7 heteroatoms. The van der Waals surface area contributed by atoms with E-state index in [1.807, 2.05) is 4.90 Å². The minimum absolute atomic E-state index is 0.00667. The van der Waals surface area contributed by atoms with Crippen molar-refractivity contribution < 1.29 is 23.1 Å². The molecule has 4 saturated carbocycles. The summed E-state index contributed by atoms with van der Waals surface area (Å²) < 4.78 is 38.2. The third-order valence-electron chi connectivity index (χ3n) is 8.09. The predicted molar refractivity (Wildman–Crippen MR) is 110 cm³/mol. The summed E-state index contributed by atoms with van der Waals surface area (Å²) in [6.07, 6.45) is 2.27. The second-order valence-corrected chi connectivity index (χ2v) is 10.7. The van der Waals surface area contributed by atoms with E-state index in [2.05, 4.69) is 4.90 Å². The summed E-state index contributed by atoms with van der Waals surface area (Å²) in [6.45, 7) is 3.38. The highest BCUT2D eigenvalue weighted by atomic mass is 19.4. The number of amides is 1. The molecule has 1 heterocycles. The predicted octanol–water partition coefficient (Wildman–Crippen LogP) is 4.07. The van der Waals surface area contributed by atoms with Crippen LogP contribution >= 0.6 is 0 Å². The lowest BCUT2D eigenvalue weighted by molar-refractivity contribution is -0.172. The lowest BCUT2D eigenvalue weighted by Gasteiger charge is -2.60. The molecule has 2 atom stereocenters. The Hall–Kier alpha value is -1.60. The lowest BCUT2D eigenvalue weighted by Crippen LogP contribution is -2.57. The fourth-order valence-corrected chi connectivity index (χ4v) is 7.25. The number of carbonyl (C=O) groups excluding carboxylic acids is 1. The lowest BCUT2D eigenvalue weighted by atomic mass is 9.47. The molecule has 4 bridgehead atoms. The van der Waals surface area contributed by atoms with E-state index in [4.69, 9.17) is 0 Å². The van der Waals surface area contributed by atoms with Crippen LogP contribution < -0.4 is 0 Å². The first kappa shape index (κ1) is 21.3. The van der Waals surface area contributed by atoms with Gasteiger partial charge in [0.2, 0.25) is 5.91 Å². The van der Waals surface area contributed by atoms with Gasteiger partial charge >= 0.3 is 6.18 Å². The van der Waals surface area contributed by atoms with Crippen LogP contribution in [0.5, 0.6) is 0 Å². The van der Waals surface area contributed by atoms with E-state index in [-0.39, 0.29) is 11.3 Å². The van der Waals surface area contributed by atoms with Gasteiger partial charge in [0.25, 0.3) is 0 Å². The number of alkyl halides is 3. The molecule has 0 spiro atoms. The average Bonchev–Trinajstić information content (AvgIpc) is 2.66. The number of rotatable bonds is 4. The quantitative estimate of drug-likeness (QED) is 0.774. The second kappa shape index (κ2) is 7.48. The molecule has 1 aromatic carbocycles. The van der Waals surface area contributed by atoms with Crippen molar-refractivity contribution in [1.82, 2.24) is 9.80 Å². The Morgan fingerprint density at radius 3 is 2.16 bits per heavy atom. The third kappa shape index (κ3) is 4.36. The summed E-state index contributed by atoms with van der Waals surface area (Å²) in [5, 5.41) is 10.9. The Morgan fingerprint density at radius 1 is 1.00 bits per heavy atom. The maximum Gasteiger partial charge on any atom is 0.416 e. The maximum absolute atomic E-state index is 13.1. The molecule has 1 N–H and O–H groups in total. The Balaban J connectivity index is 1.14. The highest BCUT2D eigenvalue weighted by molar-refractivity contribution is 5.77. The number of piperazine rings is 1. The van der Waals surface area contributed by atoms with Crippen molar-refractivity contribution in [3.05, 3.63) is 35.4 Å². The molecule has 5 aliphatic rings. The zero-order valence-corrected chi connectivity index (χ0v) is 17.8. The van der Waals surface area contributed by atoms with Crippen molar-refractivity contribution in [2.24, 2.45) is 17.3 Å². The summed E-state index contributed by atoms with van der Waals surface area (Å²) in [6, 6.07) is 5.35. The zero-order valence-electron chi connectivity index (χ0n) is 17.8. The summed E-state index contributed by atoms with van der Waals surface area (Å²) in [5.74, 6) is 1.37. The number of halogens is 3. The van der Waals surface area contributed by atoms with Gasteiger partial charge in [0.15, 0.2) is 0 Å². The molecule has 6 rings (SSSR count). The van der Waals surface area contributed by atoms with Gasteiger partial charge in [0, 0.05) is 39.1 Å². The fourth-order valence-electron chi connectivity index (χ4n) is 7.25. The Bertz CT molecular complexity index is 816. The van der Waals surface area contributed by atoms with E-state index in [1.165, 1.54) is 18.6 Å². The van der Waals surface area contributed by atoms with E-state index in [1.54, 1.807) is 0 Å². The van der Waals surface area contributed by atoms with Crippen molar-refractivity contribution >= 4 is 5.91 Å². The molecule has 0 radical (unpaired) electrons. The average molecular weight is 437 g/mol. The van der Waals surface area contributed by atoms with Gasteiger partial charge in [-0.1, -0.05) is 12.1 Å². The van der Waals surface area contributed by atoms with Crippen LogP contribution in [0, 0.1) is 17.3 Å². The van der Waals surface area contributed by atoms with Crippen molar-refractivity contribution in [3.63, 3.8) is 0 Å². The molecule has 2 unspecified atom stereocenters. The van der Waals surface area contributed by atoms with Crippen molar-refractivity contribution in [2.45, 2.75) is 63.3 Å². The van der Waals surface area contributed by atoms with Crippen molar-refractivity contribution in [1.29, 1.82) is 0 Å². The first-order valence-corrected chi connectivity index (χ1v) is 11.5. The second-order valence-electron chi connectivity index (χ2n) is 10.7. The highest BCUT2D eigenvalue weighted by Gasteiger charge is 2.57. The Morgan fingerprint density at radius 2 is 1.61 bits per heavy atom. The molecule has 1 amide bonds. The SMILES string of the molecule is O=C(CC12CC3CC(CC(O)(C3)C1)C2)N1CCN(Cc2ccc(C(F)(F)F)cc2)CC1. The van der Waals surface area contributed by atoms with Gasteiger partial charge in [0.1, 0.15) is 0 Å². The Labute approximate surface area is 181 Å². The van der Waals surface area contributed by atoms with Gasteiger partial charge in [-0.2, -0.15) is 13.2 Å². The molecule has 31 heavy (non-hydrogen) atoms. The number of nitrogens with zero attached hydrogens (tertiary/aromatic N) is 2. The molecule has 0 aromatic heterocycles. The van der Waals surface area contributed by atoms with Gasteiger partial charge in [-0.3, -0.25) is 9.69 Å². The van der Waals surface area contributed by atoms with Crippen molar-refractivity contribution in [3.8, 4) is 0 Å². The molecule has 1 aliphatic heterocycles. The summed E-state index contributed by atoms with van der Waals surface area (Å²) >= 11 is 0. The summed E-state index contributed by atoms with van der Waals surface area (Å²) in [5.41, 5.74) is -0.312. The van der Waals surface area contributed by atoms with Crippen LogP contribution in [0.25, 0.3) is 0 Å². The third-order valence-corrected chi connectivity index (χ3v) is 8.09. The van der Waals surface area contributed by atoms with E-state index >= 15 is 0 Å². The van der Waals surface area contributed by atoms with Crippen LogP contribution in [0.4, 0.5) is 13.2 Å². The number of hydrogen-bond acceptors (Lipinski definition) is 3. The minimum atomic E-state index is -4.31. The van der Waals surface area contributed by atoms with E-state index in [9.17, 15) is 23.1 Å².